The first-order chi connectivity index (χ1) is 12.0. The van der Waals surface area contributed by atoms with Crippen molar-refractivity contribution in [3.8, 4) is 11.5 Å². The standard InChI is InChI=1S/C18H17ClN2O4/c1-24-13-7-14(25-2)12(19)6-11(13)8-20-21-17(22)15-9-3-4-10(5-9)16(15)18(21)23/h3-4,6-10,15-16H,5H2,1-2H3/b20-8-/t9-,10-,15-,16-/m0/s1. The third-order valence-corrected chi connectivity index (χ3v) is 5.56. The summed E-state index contributed by atoms with van der Waals surface area (Å²) in [7, 11) is 3.02. The molecule has 25 heavy (non-hydrogen) atoms. The van der Waals surface area contributed by atoms with E-state index in [9.17, 15) is 9.59 Å². The largest absolute Gasteiger partial charge is 0.496 e. The molecule has 0 N–H and O–H groups in total. The van der Waals surface area contributed by atoms with Gasteiger partial charge >= 0.3 is 0 Å². The molecule has 6 nitrogen and oxygen atoms in total. The SMILES string of the molecule is COc1cc(OC)c(/C=N\N2C(=O)[C@@H]3[C@@H](C2=O)[C@H]2C=C[C@H]3C2)cc1Cl. The van der Waals surface area contributed by atoms with Crippen molar-refractivity contribution in [2.45, 2.75) is 6.42 Å². The van der Waals surface area contributed by atoms with Crippen LogP contribution in [0.2, 0.25) is 5.02 Å². The number of amides is 2. The summed E-state index contributed by atoms with van der Waals surface area (Å²) in [6, 6.07) is 3.26. The van der Waals surface area contributed by atoms with Gasteiger partial charge in [0, 0.05) is 11.6 Å². The van der Waals surface area contributed by atoms with Crippen LogP contribution in [0.5, 0.6) is 11.5 Å². The van der Waals surface area contributed by atoms with Gasteiger partial charge in [0.2, 0.25) is 0 Å². The number of benzene rings is 1. The third kappa shape index (κ3) is 2.35. The molecule has 0 spiro atoms. The van der Waals surface area contributed by atoms with Crippen LogP contribution < -0.4 is 9.47 Å². The highest BCUT2D eigenvalue weighted by molar-refractivity contribution is 6.32. The van der Waals surface area contributed by atoms with Crippen LogP contribution in [0.1, 0.15) is 12.0 Å². The van der Waals surface area contributed by atoms with Crippen LogP contribution in [0.4, 0.5) is 0 Å². The predicted octanol–water partition coefficient (Wildman–Crippen LogP) is 2.50. The van der Waals surface area contributed by atoms with Crippen LogP contribution in [0.3, 0.4) is 0 Å². The van der Waals surface area contributed by atoms with E-state index in [1.54, 1.807) is 12.1 Å². The van der Waals surface area contributed by atoms with Crippen molar-refractivity contribution < 1.29 is 19.1 Å². The second kappa shape index (κ2) is 5.88. The number of carbonyl (C=O) groups excluding carboxylic acids is 2. The van der Waals surface area contributed by atoms with E-state index in [4.69, 9.17) is 21.1 Å². The van der Waals surface area contributed by atoms with Crippen molar-refractivity contribution in [2.75, 3.05) is 14.2 Å². The van der Waals surface area contributed by atoms with Gasteiger partial charge in [-0.15, -0.1) is 0 Å². The first kappa shape index (κ1) is 16.1. The molecule has 0 aromatic heterocycles. The molecule has 1 saturated carbocycles. The Morgan fingerprint density at radius 3 is 2.24 bits per heavy atom. The summed E-state index contributed by atoms with van der Waals surface area (Å²) < 4.78 is 10.5. The Labute approximate surface area is 150 Å². The molecule has 1 aliphatic heterocycles. The second-order valence-electron chi connectivity index (χ2n) is 6.46. The number of fused-ring (bicyclic) bond motifs is 5. The molecule has 1 aromatic rings. The van der Waals surface area contributed by atoms with E-state index < -0.39 is 0 Å². The predicted molar refractivity (Wildman–Crippen MR) is 91.7 cm³/mol. The van der Waals surface area contributed by atoms with Gasteiger partial charge < -0.3 is 9.47 Å². The number of allylic oxidation sites excluding steroid dienone is 2. The number of hydrazone groups is 1. The summed E-state index contributed by atoms with van der Waals surface area (Å²) in [5, 5.41) is 5.53. The summed E-state index contributed by atoms with van der Waals surface area (Å²) in [6.45, 7) is 0. The van der Waals surface area contributed by atoms with Gasteiger partial charge in [-0.05, 0) is 24.3 Å². The van der Waals surface area contributed by atoms with Crippen molar-refractivity contribution in [1.82, 2.24) is 5.01 Å². The number of hydrogen-bond acceptors (Lipinski definition) is 5. The molecule has 1 heterocycles. The fourth-order valence-electron chi connectivity index (χ4n) is 4.10. The number of rotatable bonds is 4. The lowest BCUT2D eigenvalue weighted by molar-refractivity contribution is -0.140. The fraction of sp³-hybridized carbons (Fsp3) is 0.389. The van der Waals surface area contributed by atoms with Crippen LogP contribution in [-0.2, 0) is 9.59 Å². The van der Waals surface area contributed by atoms with Crippen molar-refractivity contribution in [3.05, 3.63) is 34.9 Å². The zero-order valence-electron chi connectivity index (χ0n) is 13.8. The lowest BCUT2D eigenvalue weighted by atomic mass is 9.85. The zero-order chi connectivity index (χ0) is 17.7. The maximum atomic E-state index is 12.6. The number of carbonyl (C=O) groups is 2. The van der Waals surface area contributed by atoms with Crippen LogP contribution in [-0.4, -0.2) is 37.3 Å². The molecule has 0 unspecified atom stereocenters. The molecular weight excluding hydrogens is 344 g/mol. The van der Waals surface area contributed by atoms with Gasteiger partial charge in [-0.25, -0.2) is 0 Å². The summed E-state index contributed by atoms with van der Waals surface area (Å²) in [6.07, 6.45) is 6.43. The molecule has 1 saturated heterocycles. The van der Waals surface area contributed by atoms with E-state index in [1.807, 2.05) is 0 Å². The van der Waals surface area contributed by atoms with Crippen molar-refractivity contribution >= 4 is 29.6 Å². The zero-order valence-corrected chi connectivity index (χ0v) is 14.6. The summed E-state index contributed by atoms with van der Waals surface area (Å²) in [4.78, 5) is 25.2. The van der Waals surface area contributed by atoms with Crippen molar-refractivity contribution in [1.29, 1.82) is 0 Å². The van der Waals surface area contributed by atoms with Gasteiger partial charge in [0.1, 0.15) is 11.5 Å². The molecular formula is C18H17ClN2O4. The Balaban J connectivity index is 1.62. The number of imide groups is 1. The number of methoxy groups -OCH3 is 2. The Kier molecular flexibility index (Phi) is 3.80. The Morgan fingerprint density at radius 2 is 1.68 bits per heavy atom. The second-order valence-corrected chi connectivity index (χ2v) is 6.87. The minimum atomic E-state index is -0.263. The number of nitrogens with zero attached hydrogens (tertiary/aromatic N) is 2. The number of halogens is 1. The Bertz CT molecular complexity index is 790. The van der Waals surface area contributed by atoms with Crippen LogP contribution in [0, 0.1) is 23.7 Å². The van der Waals surface area contributed by atoms with E-state index >= 15 is 0 Å². The normalized spacial score (nSPS) is 29.8. The van der Waals surface area contributed by atoms with E-state index in [1.165, 1.54) is 20.4 Å². The van der Waals surface area contributed by atoms with E-state index in [-0.39, 0.29) is 35.5 Å². The number of hydrogen-bond donors (Lipinski definition) is 0. The average molecular weight is 361 g/mol. The van der Waals surface area contributed by atoms with Crippen LogP contribution in [0.25, 0.3) is 0 Å². The average Bonchev–Trinajstić information content (AvgIpc) is 3.28. The maximum Gasteiger partial charge on any atom is 0.254 e. The molecule has 2 bridgehead atoms. The molecule has 2 amide bonds. The molecule has 130 valence electrons. The molecule has 4 atom stereocenters. The topological polar surface area (TPSA) is 68.2 Å². The van der Waals surface area contributed by atoms with E-state index in [2.05, 4.69) is 17.3 Å². The van der Waals surface area contributed by atoms with Gasteiger partial charge in [-0.3, -0.25) is 9.59 Å². The van der Waals surface area contributed by atoms with Gasteiger partial charge in [0.15, 0.2) is 0 Å². The van der Waals surface area contributed by atoms with Crippen LogP contribution >= 0.6 is 11.6 Å². The van der Waals surface area contributed by atoms with Crippen molar-refractivity contribution in [3.63, 3.8) is 0 Å². The Hall–Kier alpha value is -2.34. The van der Waals surface area contributed by atoms with Gasteiger partial charge in [0.25, 0.3) is 11.8 Å². The monoisotopic (exact) mass is 360 g/mol. The van der Waals surface area contributed by atoms with Gasteiger partial charge in [0.05, 0.1) is 37.3 Å². The summed E-state index contributed by atoms with van der Waals surface area (Å²) >= 11 is 6.14. The minimum absolute atomic E-state index is 0.164. The molecule has 1 aromatic carbocycles. The summed E-state index contributed by atoms with van der Waals surface area (Å²) in [5.41, 5.74) is 0.562. The maximum absolute atomic E-state index is 12.6. The van der Waals surface area contributed by atoms with Gasteiger partial charge in [-0.1, -0.05) is 23.8 Å². The van der Waals surface area contributed by atoms with Crippen molar-refractivity contribution in [2.24, 2.45) is 28.8 Å². The molecule has 7 heteroatoms. The fourth-order valence-corrected chi connectivity index (χ4v) is 4.35. The minimum Gasteiger partial charge on any atom is -0.496 e. The smallest absolute Gasteiger partial charge is 0.254 e. The first-order valence-corrected chi connectivity index (χ1v) is 8.44. The number of ether oxygens (including phenoxy) is 2. The Morgan fingerprint density at radius 1 is 1.08 bits per heavy atom. The van der Waals surface area contributed by atoms with Gasteiger partial charge in [-0.2, -0.15) is 10.1 Å². The van der Waals surface area contributed by atoms with Crippen LogP contribution in [0.15, 0.2) is 29.4 Å². The lowest BCUT2D eigenvalue weighted by Crippen LogP contribution is -2.28. The quantitative estimate of drug-likeness (QED) is 0.470. The highest BCUT2D eigenvalue weighted by Crippen LogP contribution is 2.52. The molecule has 2 aliphatic carbocycles. The highest BCUT2D eigenvalue weighted by Gasteiger charge is 2.59. The molecule has 2 fully saturated rings. The van der Waals surface area contributed by atoms with E-state index in [0.717, 1.165) is 11.4 Å². The molecule has 0 radical (unpaired) electrons. The summed E-state index contributed by atoms with van der Waals surface area (Å²) in [5.74, 6) is 0.325. The van der Waals surface area contributed by atoms with E-state index in [0.29, 0.717) is 22.1 Å². The molecule has 4 rings (SSSR count). The lowest BCUT2D eigenvalue weighted by Gasteiger charge is -2.13. The first-order valence-electron chi connectivity index (χ1n) is 8.06. The molecule has 3 aliphatic rings. The highest BCUT2D eigenvalue weighted by atomic mass is 35.5. The third-order valence-electron chi connectivity index (χ3n) is 5.26.